The zero-order chi connectivity index (χ0) is 15.0. The van der Waals surface area contributed by atoms with Crippen molar-refractivity contribution in [1.29, 1.82) is 0 Å². The van der Waals surface area contributed by atoms with Crippen LogP contribution in [0.25, 0.3) is 10.8 Å². The van der Waals surface area contributed by atoms with Gasteiger partial charge in [-0.25, -0.2) is 0 Å². The molecular formula is C19H16BrCl. The van der Waals surface area contributed by atoms with Crippen LogP contribution in [0.15, 0.2) is 54.6 Å². The van der Waals surface area contributed by atoms with E-state index < -0.39 is 0 Å². The topological polar surface area (TPSA) is 0 Å². The molecule has 0 fully saturated rings. The van der Waals surface area contributed by atoms with Crippen molar-refractivity contribution in [2.75, 3.05) is 0 Å². The molecule has 1 atom stereocenters. The zero-order valence-corrected chi connectivity index (χ0v) is 14.4. The van der Waals surface area contributed by atoms with Gasteiger partial charge in [0.2, 0.25) is 0 Å². The smallest absolute Gasteiger partial charge is 0.0650 e. The molecule has 0 aliphatic heterocycles. The number of alkyl halides is 1. The lowest BCUT2D eigenvalue weighted by atomic mass is 9.96. The van der Waals surface area contributed by atoms with E-state index in [0.717, 1.165) is 10.4 Å². The minimum absolute atomic E-state index is 0.166. The summed E-state index contributed by atoms with van der Waals surface area (Å²) >= 11 is 10.2. The highest BCUT2D eigenvalue weighted by atomic mass is 79.9. The van der Waals surface area contributed by atoms with Crippen molar-refractivity contribution in [3.05, 3.63) is 81.9 Å². The van der Waals surface area contributed by atoms with E-state index >= 15 is 0 Å². The molecule has 0 amide bonds. The van der Waals surface area contributed by atoms with Gasteiger partial charge in [-0.05, 0) is 47.6 Å². The summed E-state index contributed by atoms with van der Waals surface area (Å²) in [7, 11) is 0. The molecule has 0 nitrogen and oxygen atoms in total. The third-order valence-corrected chi connectivity index (χ3v) is 5.35. The Morgan fingerprint density at radius 3 is 2.29 bits per heavy atom. The molecule has 0 saturated heterocycles. The highest BCUT2D eigenvalue weighted by molar-refractivity contribution is 9.09. The molecule has 3 rings (SSSR count). The summed E-state index contributed by atoms with van der Waals surface area (Å²) in [5.74, 6) is 0. The molecule has 3 aromatic carbocycles. The molecule has 21 heavy (non-hydrogen) atoms. The standard InChI is InChI=1S/C19H16BrCl/c1-12-7-8-14(11-13(12)2)19(20)17-9-10-18(21)16-6-4-3-5-15(16)17/h3-11,19H,1-2H3. The molecule has 2 heteroatoms. The first-order valence-electron chi connectivity index (χ1n) is 6.96. The van der Waals surface area contributed by atoms with Crippen molar-refractivity contribution in [2.45, 2.75) is 18.7 Å². The van der Waals surface area contributed by atoms with E-state index in [1.807, 2.05) is 12.1 Å². The van der Waals surface area contributed by atoms with Crippen LogP contribution in [0.1, 0.15) is 27.1 Å². The second-order valence-electron chi connectivity index (χ2n) is 5.39. The Balaban J connectivity index is 2.15. The van der Waals surface area contributed by atoms with E-state index in [-0.39, 0.29) is 4.83 Å². The first-order valence-corrected chi connectivity index (χ1v) is 8.25. The normalized spacial score (nSPS) is 12.6. The summed E-state index contributed by atoms with van der Waals surface area (Å²) in [4.78, 5) is 0.166. The Hall–Kier alpha value is -1.31. The molecule has 0 heterocycles. The predicted octanol–water partition coefficient (Wildman–Crippen LogP) is 6.59. The molecule has 0 N–H and O–H groups in total. The quantitative estimate of drug-likeness (QED) is 0.452. The van der Waals surface area contributed by atoms with Gasteiger partial charge in [-0.1, -0.05) is 76.1 Å². The third-order valence-electron chi connectivity index (χ3n) is 4.00. The maximum Gasteiger partial charge on any atom is 0.0650 e. The van der Waals surface area contributed by atoms with Crippen LogP contribution in [0.2, 0.25) is 5.02 Å². The minimum atomic E-state index is 0.166. The lowest BCUT2D eigenvalue weighted by molar-refractivity contribution is 1.17. The van der Waals surface area contributed by atoms with Crippen LogP contribution in [0.5, 0.6) is 0 Å². The molecule has 0 saturated carbocycles. The third kappa shape index (κ3) is 2.73. The first-order chi connectivity index (χ1) is 10.1. The lowest BCUT2D eigenvalue weighted by Gasteiger charge is -2.16. The fourth-order valence-corrected chi connectivity index (χ4v) is 3.52. The number of hydrogen-bond acceptors (Lipinski definition) is 0. The van der Waals surface area contributed by atoms with Crippen LogP contribution in [-0.2, 0) is 0 Å². The molecule has 0 aromatic heterocycles. The highest BCUT2D eigenvalue weighted by Gasteiger charge is 2.15. The number of halogens is 2. The summed E-state index contributed by atoms with van der Waals surface area (Å²) < 4.78 is 0. The van der Waals surface area contributed by atoms with Crippen molar-refractivity contribution < 1.29 is 0 Å². The van der Waals surface area contributed by atoms with Crippen molar-refractivity contribution in [1.82, 2.24) is 0 Å². The molecule has 0 aliphatic carbocycles. The molecular weight excluding hydrogens is 344 g/mol. The van der Waals surface area contributed by atoms with Crippen LogP contribution < -0.4 is 0 Å². The summed E-state index contributed by atoms with van der Waals surface area (Å²) in [5.41, 5.74) is 5.15. The molecule has 106 valence electrons. The predicted molar refractivity (Wildman–Crippen MR) is 95.6 cm³/mol. The van der Waals surface area contributed by atoms with E-state index in [2.05, 4.69) is 72.2 Å². The van der Waals surface area contributed by atoms with Crippen molar-refractivity contribution in [3.63, 3.8) is 0 Å². The molecule has 0 radical (unpaired) electrons. The van der Waals surface area contributed by atoms with Gasteiger partial charge in [0, 0.05) is 10.4 Å². The molecule has 0 spiro atoms. The van der Waals surface area contributed by atoms with E-state index in [9.17, 15) is 0 Å². The number of benzene rings is 3. The lowest BCUT2D eigenvalue weighted by Crippen LogP contribution is -1.96. The highest BCUT2D eigenvalue weighted by Crippen LogP contribution is 2.38. The van der Waals surface area contributed by atoms with Crippen molar-refractivity contribution in [3.8, 4) is 0 Å². The van der Waals surface area contributed by atoms with Gasteiger partial charge in [-0.3, -0.25) is 0 Å². The van der Waals surface area contributed by atoms with Gasteiger partial charge in [0.25, 0.3) is 0 Å². The largest absolute Gasteiger partial charge is 0.0837 e. The van der Waals surface area contributed by atoms with Crippen LogP contribution in [0.4, 0.5) is 0 Å². The average Bonchev–Trinajstić information content (AvgIpc) is 2.50. The van der Waals surface area contributed by atoms with E-state index in [4.69, 9.17) is 11.6 Å². The molecule has 3 aromatic rings. The van der Waals surface area contributed by atoms with Crippen molar-refractivity contribution >= 4 is 38.3 Å². The number of hydrogen-bond donors (Lipinski definition) is 0. The fraction of sp³-hybridized carbons (Fsp3) is 0.158. The summed E-state index contributed by atoms with van der Waals surface area (Å²) in [5, 5.41) is 3.10. The Bertz CT molecular complexity index is 808. The molecule has 0 bridgehead atoms. The van der Waals surface area contributed by atoms with Gasteiger partial charge in [0.05, 0.1) is 4.83 Å². The Kier molecular flexibility index (Phi) is 4.05. The van der Waals surface area contributed by atoms with E-state index in [1.165, 1.54) is 27.6 Å². The van der Waals surface area contributed by atoms with Crippen LogP contribution >= 0.6 is 27.5 Å². The minimum Gasteiger partial charge on any atom is -0.0837 e. The maximum atomic E-state index is 6.31. The number of rotatable bonds is 2. The van der Waals surface area contributed by atoms with Gasteiger partial charge in [-0.2, -0.15) is 0 Å². The average molecular weight is 360 g/mol. The molecule has 0 aliphatic rings. The van der Waals surface area contributed by atoms with E-state index in [1.54, 1.807) is 0 Å². The Morgan fingerprint density at radius 2 is 1.57 bits per heavy atom. The second-order valence-corrected chi connectivity index (χ2v) is 6.71. The summed E-state index contributed by atoms with van der Waals surface area (Å²) in [6.07, 6.45) is 0. The Labute approximate surface area is 138 Å². The van der Waals surface area contributed by atoms with Gasteiger partial charge < -0.3 is 0 Å². The van der Waals surface area contributed by atoms with Gasteiger partial charge in [-0.15, -0.1) is 0 Å². The van der Waals surface area contributed by atoms with Gasteiger partial charge in [0.1, 0.15) is 0 Å². The second kappa shape index (κ2) is 5.82. The number of fused-ring (bicyclic) bond motifs is 1. The summed E-state index contributed by atoms with van der Waals surface area (Å²) in [6, 6.07) is 19.0. The maximum absolute atomic E-state index is 6.31. The van der Waals surface area contributed by atoms with Crippen LogP contribution in [-0.4, -0.2) is 0 Å². The molecule has 1 unspecified atom stereocenters. The zero-order valence-electron chi connectivity index (χ0n) is 12.0. The summed E-state index contributed by atoms with van der Waals surface area (Å²) in [6.45, 7) is 4.29. The first kappa shape index (κ1) is 14.6. The SMILES string of the molecule is Cc1ccc(C(Br)c2ccc(Cl)c3ccccc23)cc1C. The monoisotopic (exact) mass is 358 g/mol. The van der Waals surface area contributed by atoms with E-state index in [0.29, 0.717) is 0 Å². The fourth-order valence-electron chi connectivity index (χ4n) is 2.61. The van der Waals surface area contributed by atoms with Crippen LogP contribution in [0.3, 0.4) is 0 Å². The number of aryl methyl sites for hydroxylation is 2. The Morgan fingerprint density at radius 1 is 0.857 bits per heavy atom. The van der Waals surface area contributed by atoms with Crippen molar-refractivity contribution in [2.24, 2.45) is 0 Å². The van der Waals surface area contributed by atoms with Gasteiger partial charge in [0.15, 0.2) is 0 Å². The van der Waals surface area contributed by atoms with Gasteiger partial charge >= 0.3 is 0 Å². The van der Waals surface area contributed by atoms with Crippen LogP contribution in [0, 0.1) is 13.8 Å².